The molecule has 0 aliphatic heterocycles. The number of nitrogens with zero attached hydrogens (tertiary/aromatic N) is 1. The van der Waals surface area contributed by atoms with Gasteiger partial charge in [0, 0.05) is 18.9 Å². The summed E-state index contributed by atoms with van der Waals surface area (Å²) in [6.45, 7) is 1.34. The predicted octanol–water partition coefficient (Wildman–Crippen LogP) is 3.23. The van der Waals surface area contributed by atoms with Crippen LogP contribution in [0, 0.1) is 0 Å². The number of halogens is 3. The lowest BCUT2D eigenvalue weighted by Crippen LogP contribution is -2.30. The molecule has 0 radical (unpaired) electrons. The molecule has 0 aliphatic carbocycles. The highest BCUT2D eigenvalue weighted by atomic mass is 19.4. The Morgan fingerprint density at radius 1 is 1.21 bits per heavy atom. The summed E-state index contributed by atoms with van der Waals surface area (Å²) < 4.78 is 44.5. The first-order valence-electron chi connectivity index (χ1n) is 6.99. The Hall–Kier alpha value is -2.77. The zero-order valence-corrected chi connectivity index (χ0v) is 12.9. The molecule has 1 aromatic carbocycles. The van der Waals surface area contributed by atoms with E-state index in [9.17, 15) is 22.8 Å². The number of nitrogens with one attached hydrogen (secondary N) is 1. The molecule has 1 heterocycles. The van der Waals surface area contributed by atoms with E-state index in [2.05, 4.69) is 5.32 Å². The molecule has 0 saturated heterocycles. The molecular formula is C16H15F3N2O3. The summed E-state index contributed by atoms with van der Waals surface area (Å²) >= 11 is 0. The normalized spacial score (nSPS) is 12.5. The van der Waals surface area contributed by atoms with Crippen molar-refractivity contribution in [1.82, 2.24) is 4.57 Å². The number of aryl methyl sites for hydroxylation is 1. The van der Waals surface area contributed by atoms with Crippen LogP contribution >= 0.6 is 0 Å². The van der Waals surface area contributed by atoms with Crippen LogP contribution in [-0.4, -0.2) is 22.5 Å². The molecule has 128 valence electrons. The molecule has 0 bridgehead atoms. The van der Waals surface area contributed by atoms with Gasteiger partial charge < -0.3 is 14.6 Å². The minimum Gasteiger partial charge on any atom is -0.448 e. The van der Waals surface area contributed by atoms with Crippen LogP contribution in [0.3, 0.4) is 0 Å². The van der Waals surface area contributed by atoms with Crippen molar-refractivity contribution in [3.63, 3.8) is 0 Å². The number of alkyl halides is 3. The number of hydrogen-bond acceptors (Lipinski definition) is 3. The van der Waals surface area contributed by atoms with E-state index in [1.165, 1.54) is 29.7 Å². The first kappa shape index (κ1) is 17.6. The number of amides is 1. The van der Waals surface area contributed by atoms with Gasteiger partial charge in [-0.05, 0) is 37.3 Å². The van der Waals surface area contributed by atoms with Gasteiger partial charge in [-0.15, -0.1) is 0 Å². The number of rotatable bonds is 4. The second-order valence-corrected chi connectivity index (χ2v) is 5.12. The molecule has 0 saturated carbocycles. The molecule has 0 aliphatic rings. The minimum atomic E-state index is -4.51. The van der Waals surface area contributed by atoms with E-state index in [0.717, 1.165) is 12.1 Å². The summed E-state index contributed by atoms with van der Waals surface area (Å²) in [5.74, 6) is -1.42. The number of esters is 1. The van der Waals surface area contributed by atoms with Crippen LogP contribution in [0.2, 0.25) is 0 Å². The maximum atomic E-state index is 12.6. The van der Waals surface area contributed by atoms with E-state index in [0.29, 0.717) is 0 Å². The molecule has 24 heavy (non-hydrogen) atoms. The number of benzene rings is 1. The van der Waals surface area contributed by atoms with Gasteiger partial charge in [0.05, 0.1) is 5.56 Å². The van der Waals surface area contributed by atoms with Crippen molar-refractivity contribution in [3.8, 4) is 0 Å². The molecule has 0 unspecified atom stereocenters. The van der Waals surface area contributed by atoms with Gasteiger partial charge in [0.25, 0.3) is 5.91 Å². The van der Waals surface area contributed by atoms with Crippen molar-refractivity contribution in [2.75, 3.05) is 5.32 Å². The third-order valence-corrected chi connectivity index (χ3v) is 3.26. The van der Waals surface area contributed by atoms with Gasteiger partial charge in [-0.1, -0.05) is 6.07 Å². The predicted molar refractivity (Wildman–Crippen MR) is 80.4 cm³/mol. The molecule has 2 rings (SSSR count). The molecule has 0 spiro atoms. The number of carbonyl (C=O) groups excluding carboxylic acids is 2. The summed E-state index contributed by atoms with van der Waals surface area (Å²) in [4.78, 5) is 23.9. The second-order valence-electron chi connectivity index (χ2n) is 5.12. The maximum Gasteiger partial charge on any atom is 0.416 e. The van der Waals surface area contributed by atoms with Gasteiger partial charge in [0.1, 0.15) is 5.69 Å². The zero-order valence-electron chi connectivity index (χ0n) is 12.9. The Bertz CT molecular complexity index is 753. The van der Waals surface area contributed by atoms with Crippen LogP contribution < -0.4 is 5.32 Å². The van der Waals surface area contributed by atoms with Crippen molar-refractivity contribution < 1.29 is 27.5 Å². The van der Waals surface area contributed by atoms with Crippen LogP contribution in [0.15, 0.2) is 42.6 Å². The molecule has 1 N–H and O–H groups in total. The van der Waals surface area contributed by atoms with Crippen molar-refractivity contribution in [1.29, 1.82) is 0 Å². The van der Waals surface area contributed by atoms with Gasteiger partial charge in [0.2, 0.25) is 0 Å². The zero-order chi connectivity index (χ0) is 17.9. The van der Waals surface area contributed by atoms with E-state index in [1.54, 1.807) is 19.3 Å². The first-order valence-corrected chi connectivity index (χ1v) is 6.99. The summed E-state index contributed by atoms with van der Waals surface area (Å²) in [5.41, 5.74) is -0.654. The maximum absolute atomic E-state index is 12.6. The molecule has 1 amide bonds. The first-order chi connectivity index (χ1) is 11.2. The Morgan fingerprint density at radius 2 is 1.92 bits per heavy atom. The molecule has 8 heteroatoms. The Morgan fingerprint density at radius 3 is 2.50 bits per heavy atom. The lowest BCUT2D eigenvalue weighted by Gasteiger charge is -2.14. The highest BCUT2D eigenvalue weighted by Gasteiger charge is 2.30. The van der Waals surface area contributed by atoms with Crippen LogP contribution in [-0.2, 0) is 22.8 Å². The van der Waals surface area contributed by atoms with Gasteiger partial charge in [0.15, 0.2) is 6.10 Å². The van der Waals surface area contributed by atoms with Crippen LogP contribution in [0.4, 0.5) is 18.9 Å². The Balaban J connectivity index is 2.02. The number of ether oxygens (including phenoxy) is 1. The second kappa shape index (κ2) is 6.77. The third-order valence-electron chi connectivity index (χ3n) is 3.26. The van der Waals surface area contributed by atoms with E-state index in [1.807, 2.05) is 0 Å². The number of anilines is 1. The highest BCUT2D eigenvalue weighted by molar-refractivity contribution is 5.96. The fourth-order valence-corrected chi connectivity index (χ4v) is 1.96. The van der Waals surface area contributed by atoms with Crippen LogP contribution in [0.1, 0.15) is 23.0 Å². The van der Waals surface area contributed by atoms with Crippen molar-refractivity contribution in [2.45, 2.75) is 19.2 Å². The summed E-state index contributed by atoms with van der Waals surface area (Å²) in [7, 11) is 1.64. The quantitative estimate of drug-likeness (QED) is 0.870. The fourth-order valence-electron chi connectivity index (χ4n) is 1.96. The topological polar surface area (TPSA) is 60.3 Å². The number of hydrogen-bond donors (Lipinski definition) is 1. The minimum absolute atomic E-state index is 0.0309. The Kier molecular flexibility index (Phi) is 4.96. The van der Waals surface area contributed by atoms with Crippen molar-refractivity contribution in [2.24, 2.45) is 7.05 Å². The molecule has 1 atom stereocenters. The summed E-state index contributed by atoms with van der Waals surface area (Å²) in [6, 6.07) is 7.37. The summed E-state index contributed by atoms with van der Waals surface area (Å²) in [5, 5.41) is 2.30. The van der Waals surface area contributed by atoms with Gasteiger partial charge in [-0.3, -0.25) is 4.79 Å². The lowest BCUT2D eigenvalue weighted by atomic mass is 10.2. The van der Waals surface area contributed by atoms with Gasteiger partial charge in [-0.2, -0.15) is 13.2 Å². The summed E-state index contributed by atoms with van der Waals surface area (Å²) in [6.07, 6.45) is -4.03. The lowest BCUT2D eigenvalue weighted by molar-refractivity contribution is -0.137. The standard InChI is InChI=1S/C16H15F3N2O3/c1-10(24-15(23)13-7-4-8-21(13)2)14(22)20-12-6-3-5-11(9-12)16(17,18)19/h3-10H,1-2H3,(H,20,22)/t10-/m0/s1. The smallest absolute Gasteiger partial charge is 0.416 e. The number of carbonyl (C=O) groups is 2. The fraction of sp³-hybridized carbons (Fsp3) is 0.250. The van der Waals surface area contributed by atoms with E-state index >= 15 is 0 Å². The van der Waals surface area contributed by atoms with Crippen molar-refractivity contribution >= 4 is 17.6 Å². The van der Waals surface area contributed by atoms with Gasteiger partial charge >= 0.3 is 12.1 Å². The highest BCUT2D eigenvalue weighted by Crippen LogP contribution is 2.30. The molecule has 0 fully saturated rings. The van der Waals surface area contributed by atoms with E-state index < -0.39 is 29.7 Å². The SMILES string of the molecule is C[C@H](OC(=O)c1cccn1C)C(=O)Nc1cccc(C(F)(F)F)c1. The average Bonchev–Trinajstić information content (AvgIpc) is 2.92. The molecule has 2 aromatic rings. The van der Waals surface area contributed by atoms with Crippen LogP contribution in [0.25, 0.3) is 0 Å². The molecule has 5 nitrogen and oxygen atoms in total. The van der Waals surface area contributed by atoms with E-state index in [4.69, 9.17) is 4.74 Å². The van der Waals surface area contributed by atoms with Crippen molar-refractivity contribution in [3.05, 3.63) is 53.9 Å². The monoisotopic (exact) mass is 340 g/mol. The van der Waals surface area contributed by atoms with E-state index in [-0.39, 0.29) is 11.4 Å². The number of aromatic nitrogens is 1. The molecule has 1 aromatic heterocycles. The molecular weight excluding hydrogens is 325 g/mol. The third kappa shape index (κ3) is 4.15. The van der Waals surface area contributed by atoms with Gasteiger partial charge in [-0.25, -0.2) is 4.79 Å². The average molecular weight is 340 g/mol. The Labute approximate surface area is 136 Å². The van der Waals surface area contributed by atoms with Crippen LogP contribution in [0.5, 0.6) is 0 Å². The largest absolute Gasteiger partial charge is 0.448 e.